The first-order chi connectivity index (χ1) is 13.3. The lowest BCUT2D eigenvalue weighted by Gasteiger charge is -2.33. The fourth-order valence-electron chi connectivity index (χ4n) is 3.01. The summed E-state index contributed by atoms with van der Waals surface area (Å²) >= 11 is 11.8. The Morgan fingerprint density at radius 3 is 2.46 bits per heavy atom. The second-order valence-electron chi connectivity index (χ2n) is 6.55. The SMILES string of the molecule is CC(Oc1ccc(Cl)c(Cl)c1)C(=O)N1CCC(Oc2ccc(F)cc2F)CC1. The van der Waals surface area contributed by atoms with Crippen LogP contribution in [0.15, 0.2) is 36.4 Å². The smallest absolute Gasteiger partial charge is 0.263 e. The van der Waals surface area contributed by atoms with E-state index in [1.165, 1.54) is 6.07 Å². The quantitative estimate of drug-likeness (QED) is 0.662. The second-order valence-corrected chi connectivity index (χ2v) is 7.37. The fraction of sp³-hybridized carbons (Fsp3) is 0.350. The first kappa shape index (κ1) is 20.7. The molecule has 1 amide bonds. The predicted octanol–water partition coefficient (Wildman–Crippen LogP) is 5.11. The highest BCUT2D eigenvalue weighted by Crippen LogP contribution is 2.27. The van der Waals surface area contributed by atoms with Crippen molar-refractivity contribution in [1.29, 1.82) is 0 Å². The van der Waals surface area contributed by atoms with Crippen molar-refractivity contribution in [2.45, 2.75) is 32.0 Å². The highest BCUT2D eigenvalue weighted by molar-refractivity contribution is 6.42. The molecule has 0 spiro atoms. The standard InChI is InChI=1S/C20H19Cl2F2NO3/c1-12(27-15-3-4-16(21)17(22)11-15)20(26)25-8-6-14(7-9-25)28-19-5-2-13(23)10-18(19)24/h2-5,10-12,14H,6-9H2,1H3. The summed E-state index contributed by atoms with van der Waals surface area (Å²) in [5.74, 6) is -1.07. The third kappa shape index (κ3) is 5.06. The van der Waals surface area contributed by atoms with Crippen LogP contribution in [-0.2, 0) is 4.79 Å². The van der Waals surface area contributed by atoms with Gasteiger partial charge in [-0.25, -0.2) is 8.78 Å². The van der Waals surface area contributed by atoms with Gasteiger partial charge in [0, 0.05) is 38.1 Å². The second kappa shape index (κ2) is 8.97. The highest BCUT2D eigenvalue weighted by atomic mass is 35.5. The Morgan fingerprint density at radius 2 is 1.82 bits per heavy atom. The van der Waals surface area contributed by atoms with Crippen LogP contribution in [0.4, 0.5) is 8.78 Å². The third-order valence-electron chi connectivity index (χ3n) is 4.49. The van der Waals surface area contributed by atoms with E-state index >= 15 is 0 Å². The van der Waals surface area contributed by atoms with Crippen LogP contribution in [0.1, 0.15) is 19.8 Å². The minimum Gasteiger partial charge on any atom is -0.487 e. The summed E-state index contributed by atoms with van der Waals surface area (Å²) in [6.07, 6.45) is 0.156. The summed E-state index contributed by atoms with van der Waals surface area (Å²) in [6, 6.07) is 8.03. The van der Waals surface area contributed by atoms with Crippen molar-refractivity contribution in [3.05, 3.63) is 58.1 Å². The Hall–Kier alpha value is -2.05. The number of carbonyl (C=O) groups is 1. The summed E-state index contributed by atoms with van der Waals surface area (Å²) in [4.78, 5) is 14.3. The number of halogens is 4. The number of hydrogen-bond acceptors (Lipinski definition) is 3. The lowest BCUT2D eigenvalue weighted by atomic mass is 10.1. The first-order valence-corrected chi connectivity index (χ1v) is 9.61. The van der Waals surface area contributed by atoms with E-state index in [2.05, 4.69) is 0 Å². The van der Waals surface area contributed by atoms with E-state index in [1.807, 2.05) is 0 Å². The van der Waals surface area contributed by atoms with Crippen LogP contribution in [0.5, 0.6) is 11.5 Å². The van der Waals surface area contributed by atoms with Crippen LogP contribution >= 0.6 is 23.2 Å². The maximum atomic E-state index is 13.7. The van der Waals surface area contributed by atoms with E-state index in [4.69, 9.17) is 32.7 Å². The van der Waals surface area contributed by atoms with Gasteiger partial charge in [0.1, 0.15) is 17.7 Å². The van der Waals surface area contributed by atoms with Gasteiger partial charge in [0.25, 0.3) is 5.91 Å². The first-order valence-electron chi connectivity index (χ1n) is 8.85. The summed E-state index contributed by atoms with van der Waals surface area (Å²) in [6.45, 7) is 2.59. The minimum absolute atomic E-state index is 0.0162. The number of ether oxygens (including phenoxy) is 2. The monoisotopic (exact) mass is 429 g/mol. The van der Waals surface area contributed by atoms with Crippen LogP contribution in [0.3, 0.4) is 0 Å². The molecule has 1 heterocycles. The topological polar surface area (TPSA) is 38.8 Å². The Balaban J connectivity index is 1.52. The zero-order valence-corrected chi connectivity index (χ0v) is 16.6. The van der Waals surface area contributed by atoms with Gasteiger partial charge in [-0.2, -0.15) is 0 Å². The zero-order chi connectivity index (χ0) is 20.3. The van der Waals surface area contributed by atoms with Crippen molar-refractivity contribution >= 4 is 29.1 Å². The van der Waals surface area contributed by atoms with E-state index in [1.54, 1.807) is 30.0 Å². The van der Waals surface area contributed by atoms with Crippen molar-refractivity contribution in [2.24, 2.45) is 0 Å². The van der Waals surface area contributed by atoms with Crippen molar-refractivity contribution in [3.8, 4) is 11.5 Å². The van der Waals surface area contributed by atoms with Crippen molar-refractivity contribution in [3.63, 3.8) is 0 Å². The van der Waals surface area contributed by atoms with Gasteiger partial charge in [0.05, 0.1) is 10.0 Å². The van der Waals surface area contributed by atoms with E-state index in [0.717, 1.165) is 12.1 Å². The van der Waals surface area contributed by atoms with Gasteiger partial charge in [-0.3, -0.25) is 4.79 Å². The van der Waals surface area contributed by atoms with Crippen LogP contribution < -0.4 is 9.47 Å². The summed E-state index contributed by atoms with van der Waals surface area (Å²) in [7, 11) is 0. The summed E-state index contributed by atoms with van der Waals surface area (Å²) < 4.78 is 38.0. The third-order valence-corrected chi connectivity index (χ3v) is 5.23. The molecule has 0 N–H and O–H groups in total. The average Bonchev–Trinajstić information content (AvgIpc) is 2.67. The number of benzene rings is 2. The van der Waals surface area contributed by atoms with E-state index in [0.29, 0.717) is 41.7 Å². The maximum absolute atomic E-state index is 13.7. The molecule has 28 heavy (non-hydrogen) atoms. The van der Waals surface area contributed by atoms with Crippen LogP contribution in [0, 0.1) is 11.6 Å². The number of carbonyl (C=O) groups excluding carboxylic acids is 1. The van der Waals surface area contributed by atoms with E-state index < -0.39 is 17.7 Å². The molecular formula is C20H19Cl2F2NO3. The minimum atomic E-state index is -0.734. The molecule has 1 saturated heterocycles. The number of rotatable bonds is 5. The lowest BCUT2D eigenvalue weighted by Crippen LogP contribution is -2.46. The van der Waals surface area contributed by atoms with Crippen molar-refractivity contribution in [1.82, 2.24) is 4.90 Å². The largest absolute Gasteiger partial charge is 0.487 e. The number of nitrogens with zero attached hydrogens (tertiary/aromatic N) is 1. The molecule has 4 nitrogen and oxygen atoms in total. The molecule has 1 atom stereocenters. The van der Waals surface area contributed by atoms with Gasteiger partial charge in [0.2, 0.25) is 0 Å². The molecule has 0 aliphatic carbocycles. The molecule has 8 heteroatoms. The Morgan fingerprint density at radius 1 is 1.11 bits per heavy atom. The molecule has 1 fully saturated rings. The highest BCUT2D eigenvalue weighted by Gasteiger charge is 2.28. The Labute approximate surface area is 171 Å². The molecule has 3 rings (SSSR count). The van der Waals surface area contributed by atoms with Crippen molar-refractivity contribution < 1.29 is 23.0 Å². The molecule has 1 aliphatic heterocycles. The van der Waals surface area contributed by atoms with E-state index in [-0.39, 0.29) is 17.8 Å². The Kier molecular flexibility index (Phi) is 6.62. The summed E-state index contributed by atoms with van der Waals surface area (Å²) in [5, 5.41) is 0.762. The maximum Gasteiger partial charge on any atom is 0.263 e. The molecule has 0 bridgehead atoms. The Bertz CT molecular complexity index is 857. The molecular weight excluding hydrogens is 411 g/mol. The predicted molar refractivity (Wildman–Crippen MR) is 103 cm³/mol. The van der Waals surface area contributed by atoms with Gasteiger partial charge in [-0.15, -0.1) is 0 Å². The molecule has 0 saturated carbocycles. The fourth-order valence-corrected chi connectivity index (χ4v) is 3.29. The number of likely N-dealkylation sites (tertiary alicyclic amines) is 1. The molecule has 2 aromatic carbocycles. The molecule has 0 aromatic heterocycles. The van der Waals surface area contributed by atoms with E-state index in [9.17, 15) is 13.6 Å². The van der Waals surface area contributed by atoms with Gasteiger partial charge in [-0.1, -0.05) is 23.2 Å². The molecule has 150 valence electrons. The van der Waals surface area contributed by atoms with Crippen LogP contribution in [0.25, 0.3) is 0 Å². The zero-order valence-electron chi connectivity index (χ0n) is 15.1. The van der Waals surface area contributed by atoms with Gasteiger partial charge < -0.3 is 14.4 Å². The summed E-state index contributed by atoms with van der Waals surface area (Å²) in [5.41, 5.74) is 0. The van der Waals surface area contributed by atoms with Crippen LogP contribution in [-0.4, -0.2) is 36.1 Å². The van der Waals surface area contributed by atoms with Gasteiger partial charge in [-0.05, 0) is 31.2 Å². The lowest BCUT2D eigenvalue weighted by molar-refractivity contribution is -0.139. The average molecular weight is 430 g/mol. The normalized spacial score (nSPS) is 16.0. The van der Waals surface area contributed by atoms with Crippen LogP contribution in [0.2, 0.25) is 10.0 Å². The molecule has 0 radical (unpaired) electrons. The van der Waals surface area contributed by atoms with Gasteiger partial charge in [0.15, 0.2) is 17.7 Å². The van der Waals surface area contributed by atoms with Crippen molar-refractivity contribution in [2.75, 3.05) is 13.1 Å². The number of amides is 1. The molecule has 1 unspecified atom stereocenters. The molecule has 2 aromatic rings. The molecule has 1 aliphatic rings. The number of piperidine rings is 1. The number of hydrogen-bond donors (Lipinski definition) is 0. The van der Waals surface area contributed by atoms with Gasteiger partial charge >= 0.3 is 0 Å².